The van der Waals surface area contributed by atoms with Crippen LogP contribution >= 0.6 is 0 Å². The Hall–Kier alpha value is -2.37. The lowest BCUT2D eigenvalue weighted by molar-refractivity contribution is -0.126. The van der Waals surface area contributed by atoms with Crippen molar-refractivity contribution in [3.63, 3.8) is 0 Å². The largest absolute Gasteiger partial charge is 0.486 e. The molecule has 0 aromatic heterocycles. The van der Waals surface area contributed by atoms with Gasteiger partial charge in [-0.3, -0.25) is 4.79 Å². The Morgan fingerprint density at radius 2 is 1.89 bits per heavy atom. The van der Waals surface area contributed by atoms with E-state index in [1.807, 2.05) is 54.6 Å². The van der Waals surface area contributed by atoms with Crippen molar-refractivity contribution in [2.24, 2.45) is 0 Å². The highest BCUT2D eigenvalue weighted by molar-refractivity contribution is 5.91. The first kappa shape index (κ1) is 18.0. The van der Waals surface area contributed by atoms with E-state index in [9.17, 15) is 4.79 Å². The van der Waals surface area contributed by atoms with Crippen LogP contribution in [-0.4, -0.2) is 36.4 Å². The Balaban J connectivity index is 1.44. The lowest BCUT2D eigenvalue weighted by Crippen LogP contribution is -2.53. The zero-order chi connectivity index (χ0) is 18.7. The van der Waals surface area contributed by atoms with Crippen LogP contribution in [0.2, 0.25) is 0 Å². The fourth-order valence-corrected chi connectivity index (χ4v) is 3.68. The Kier molecular flexibility index (Phi) is 5.14. The Labute approximate surface area is 159 Å². The molecule has 5 nitrogen and oxygen atoms in total. The summed E-state index contributed by atoms with van der Waals surface area (Å²) >= 11 is 0. The number of amides is 1. The third kappa shape index (κ3) is 3.84. The Morgan fingerprint density at radius 3 is 2.56 bits per heavy atom. The maximum Gasteiger partial charge on any atom is 0.231 e. The highest BCUT2D eigenvalue weighted by Gasteiger charge is 2.52. The van der Waals surface area contributed by atoms with E-state index in [0.717, 1.165) is 30.4 Å². The smallest absolute Gasteiger partial charge is 0.231 e. The van der Waals surface area contributed by atoms with Gasteiger partial charge in [-0.05, 0) is 42.5 Å². The summed E-state index contributed by atoms with van der Waals surface area (Å²) in [6, 6.07) is 17.3. The highest BCUT2D eigenvalue weighted by Crippen LogP contribution is 2.48. The minimum absolute atomic E-state index is 0.00701. The number of nitrogens with one attached hydrogen (secondary N) is 1. The molecule has 0 unspecified atom stereocenters. The molecule has 2 aromatic carbocycles. The van der Waals surface area contributed by atoms with Crippen molar-refractivity contribution in [2.45, 2.75) is 43.4 Å². The van der Waals surface area contributed by atoms with Gasteiger partial charge in [-0.25, -0.2) is 0 Å². The van der Waals surface area contributed by atoms with E-state index in [2.05, 4.69) is 5.32 Å². The van der Waals surface area contributed by atoms with Crippen molar-refractivity contribution in [2.75, 3.05) is 13.2 Å². The van der Waals surface area contributed by atoms with Crippen LogP contribution in [0, 0.1) is 0 Å². The van der Waals surface area contributed by atoms with E-state index in [4.69, 9.17) is 14.6 Å². The summed E-state index contributed by atoms with van der Waals surface area (Å²) in [5.41, 5.74) is 1.55. The van der Waals surface area contributed by atoms with Gasteiger partial charge < -0.3 is 19.9 Å². The number of ether oxygens (including phenoxy) is 2. The lowest BCUT2D eigenvalue weighted by Gasteiger charge is -2.33. The molecule has 142 valence electrons. The summed E-state index contributed by atoms with van der Waals surface area (Å²) in [7, 11) is 0. The maximum absolute atomic E-state index is 13.0. The lowest BCUT2D eigenvalue weighted by atomic mass is 9.94. The van der Waals surface area contributed by atoms with Crippen LogP contribution in [0.4, 0.5) is 0 Å². The molecular weight excluding hydrogens is 342 g/mol. The molecule has 2 aliphatic rings. The van der Waals surface area contributed by atoms with Crippen molar-refractivity contribution in [3.8, 4) is 5.75 Å². The van der Waals surface area contributed by atoms with E-state index in [1.54, 1.807) is 0 Å². The predicted octanol–water partition coefficient (Wildman–Crippen LogP) is 2.56. The second-order valence-corrected chi connectivity index (χ2v) is 7.35. The average Bonchev–Trinajstić information content (AvgIpc) is 3.53. The topological polar surface area (TPSA) is 67.8 Å². The number of benzene rings is 2. The molecule has 27 heavy (non-hydrogen) atoms. The summed E-state index contributed by atoms with van der Waals surface area (Å²) in [6.45, 7) is 1.07. The second-order valence-electron chi connectivity index (χ2n) is 7.35. The van der Waals surface area contributed by atoms with Gasteiger partial charge in [0.05, 0.1) is 24.7 Å². The second kappa shape index (κ2) is 7.71. The molecule has 1 saturated heterocycles. The molecule has 2 atom stereocenters. The Morgan fingerprint density at radius 1 is 1.15 bits per heavy atom. The number of rotatable bonds is 6. The number of carbonyl (C=O) groups is 1. The van der Waals surface area contributed by atoms with Gasteiger partial charge in [0.15, 0.2) is 0 Å². The van der Waals surface area contributed by atoms with E-state index < -0.39 is 0 Å². The average molecular weight is 367 g/mol. The highest BCUT2D eigenvalue weighted by atomic mass is 16.5. The van der Waals surface area contributed by atoms with E-state index in [1.165, 1.54) is 0 Å². The zero-order valence-corrected chi connectivity index (χ0v) is 15.3. The van der Waals surface area contributed by atoms with Gasteiger partial charge in [0.2, 0.25) is 5.91 Å². The van der Waals surface area contributed by atoms with Crippen molar-refractivity contribution in [3.05, 3.63) is 65.7 Å². The van der Waals surface area contributed by atoms with Crippen LogP contribution in [0.5, 0.6) is 5.75 Å². The minimum Gasteiger partial charge on any atom is -0.486 e. The van der Waals surface area contributed by atoms with Crippen LogP contribution in [0.1, 0.15) is 30.4 Å². The molecule has 1 aliphatic heterocycles. The predicted molar refractivity (Wildman–Crippen MR) is 102 cm³/mol. The molecule has 2 N–H and O–H groups in total. The Bertz CT molecular complexity index is 771. The van der Waals surface area contributed by atoms with Crippen LogP contribution in [-0.2, 0) is 21.6 Å². The molecule has 0 spiro atoms. The first-order chi connectivity index (χ1) is 13.2. The minimum atomic E-state index is -0.382. The molecule has 1 saturated carbocycles. The number of aliphatic hydroxyl groups excluding tert-OH is 1. The molecule has 2 fully saturated rings. The number of aliphatic hydroxyl groups is 1. The normalized spacial score (nSPS) is 23.4. The molecule has 1 aliphatic carbocycles. The summed E-state index contributed by atoms with van der Waals surface area (Å²) in [5.74, 6) is 0.802. The number of carbonyl (C=O) groups excluding carboxylic acids is 1. The van der Waals surface area contributed by atoms with Gasteiger partial charge in [-0.1, -0.05) is 42.5 Å². The first-order valence-electron chi connectivity index (χ1n) is 9.52. The molecule has 2 aromatic rings. The van der Waals surface area contributed by atoms with Gasteiger partial charge in [-0.2, -0.15) is 0 Å². The van der Waals surface area contributed by atoms with E-state index in [0.29, 0.717) is 19.0 Å². The number of hydrogen-bond acceptors (Lipinski definition) is 4. The molecule has 1 amide bonds. The van der Waals surface area contributed by atoms with E-state index in [-0.39, 0.29) is 30.1 Å². The van der Waals surface area contributed by atoms with E-state index >= 15 is 0 Å². The fraction of sp³-hybridized carbons (Fsp3) is 0.409. The van der Waals surface area contributed by atoms with Crippen LogP contribution in [0.15, 0.2) is 54.6 Å². The van der Waals surface area contributed by atoms with Crippen molar-refractivity contribution in [1.29, 1.82) is 0 Å². The summed E-state index contributed by atoms with van der Waals surface area (Å²) < 4.78 is 11.7. The van der Waals surface area contributed by atoms with Gasteiger partial charge >= 0.3 is 0 Å². The third-order valence-corrected chi connectivity index (χ3v) is 5.52. The number of hydrogen-bond donors (Lipinski definition) is 2. The van der Waals surface area contributed by atoms with Crippen molar-refractivity contribution < 1.29 is 19.4 Å². The summed E-state index contributed by atoms with van der Waals surface area (Å²) in [6.07, 6.45) is 2.28. The monoisotopic (exact) mass is 367 g/mol. The first-order valence-corrected chi connectivity index (χ1v) is 9.52. The maximum atomic E-state index is 13.0. The quantitative estimate of drug-likeness (QED) is 0.823. The zero-order valence-electron chi connectivity index (χ0n) is 15.3. The van der Waals surface area contributed by atoms with Gasteiger partial charge in [0.25, 0.3) is 0 Å². The van der Waals surface area contributed by atoms with Crippen LogP contribution < -0.4 is 10.1 Å². The molecule has 1 heterocycles. The van der Waals surface area contributed by atoms with Gasteiger partial charge in [0, 0.05) is 6.61 Å². The van der Waals surface area contributed by atoms with Crippen LogP contribution in [0.3, 0.4) is 0 Å². The molecule has 5 heteroatoms. The SMILES string of the molecule is O=C(N[C@@H]1CCOC[C@H]1Oc1ccc(CO)cc1)C1(c2ccccc2)CC1. The standard InChI is InChI=1S/C22H25NO4/c24-14-16-6-8-18(9-7-16)27-20-15-26-13-10-19(20)23-21(25)22(11-12-22)17-4-2-1-3-5-17/h1-9,19-20,24H,10-15H2,(H,23,25)/t19-,20-/m1/s1. The van der Waals surface area contributed by atoms with Crippen LogP contribution in [0.25, 0.3) is 0 Å². The van der Waals surface area contributed by atoms with Gasteiger partial charge in [0.1, 0.15) is 11.9 Å². The summed E-state index contributed by atoms with van der Waals surface area (Å²) in [5, 5.41) is 12.4. The molecule has 0 bridgehead atoms. The molecular formula is C22H25NO4. The molecule has 4 rings (SSSR count). The fourth-order valence-electron chi connectivity index (χ4n) is 3.68. The van der Waals surface area contributed by atoms with Gasteiger partial charge in [-0.15, -0.1) is 0 Å². The van der Waals surface area contributed by atoms with Crippen molar-refractivity contribution in [1.82, 2.24) is 5.32 Å². The van der Waals surface area contributed by atoms with Crippen molar-refractivity contribution >= 4 is 5.91 Å². The molecule has 0 radical (unpaired) electrons. The third-order valence-electron chi connectivity index (χ3n) is 5.52. The summed E-state index contributed by atoms with van der Waals surface area (Å²) in [4.78, 5) is 13.0.